The summed E-state index contributed by atoms with van der Waals surface area (Å²) >= 11 is 0. The van der Waals surface area contributed by atoms with E-state index in [0.29, 0.717) is 0 Å². The lowest BCUT2D eigenvalue weighted by Crippen LogP contribution is -2.42. The molecule has 0 heterocycles. The van der Waals surface area contributed by atoms with Gasteiger partial charge in [-0.3, -0.25) is 4.90 Å². The summed E-state index contributed by atoms with van der Waals surface area (Å²) in [6.45, 7) is 12.1. The topological polar surface area (TPSA) is 15.3 Å². The summed E-state index contributed by atoms with van der Waals surface area (Å²) in [7, 11) is 0. The summed E-state index contributed by atoms with van der Waals surface area (Å²) in [5, 5.41) is 3.64. The summed E-state index contributed by atoms with van der Waals surface area (Å²) in [4.78, 5) is 2.76. The number of rotatable bonds is 10. The fraction of sp³-hybridized carbons (Fsp3) is 1.00. The van der Waals surface area contributed by atoms with Crippen molar-refractivity contribution in [2.24, 2.45) is 17.8 Å². The summed E-state index contributed by atoms with van der Waals surface area (Å²) in [5.74, 6) is 2.88. The Kier molecular flexibility index (Phi) is 5.50. The molecule has 1 unspecified atom stereocenters. The SMILES string of the molecule is CC(C)CCNCC(C)N(CC1CC1)CC1CC1. The average molecular weight is 252 g/mol. The van der Waals surface area contributed by atoms with Gasteiger partial charge in [-0.25, -0.2) is 0 Å². The molecule has 0 bridgehead atoms. The second-order valence-electron chi connectivity index (χ2n) is 7.08. The van der Waals surface area contributed by atoms with Crippen LogP contribution in [0.2, 0.25) is 0 Å². The summed E-state index contributed by atoms with van der Waals surface area (Å²) in [5.41, 5.74) is 0. The Morgan fingerprint density at radius 1 is 1.00 bits per heavy atom. The third-order valence-corrected chi connectivity index (χ3v) is 4.34. The minimum atomic E-state index is 0.721. The number of nitrogens with zero attached hydrogens (tertiary/aromatic N) is 1. The zero-order valence-electron chi connectivity index (χ0n) is 12.6. The quantitative estimate of drug-likeness (QED) is 0.601. The van der Waals surface area contributed by atoms with Gasteiger partial charge in [0, 0.05) is 25.7 Å². The van der Waals surface area contributed by atoms with E-state index < -0.39 is 0 Å². The van der Waals surface area contributed by atoms with Crippen LogP contribution in [0.3, 0.4) is 0 Å². The molecule has 2 saturated carbocycles. The molecule has 18 heavy (non-hydrogen) atoms. The molecule has 0 aromatic heterocycles. The molecule has 2 heteroatoms. The van der Waals surface area contributed by atoms with Crippen LogP contribution in [-0.4, -0.2) is 37.1 Å². The molecule has 0 saturated heterocycles. The third kappa shape index (κ3) is 5.71. The van der Waals surface area contributed by atoms with Crippen LogP contribution in [0, 0.1) is 17.8 Å². The molecular formula is C16H32N2. The highest BCUT2D eigenvalue weighted by atomic mass is 15.2. The maximum atomic E-state index is 3.64. The van der Waals surface area contributed by atoms with Crippen LogP contribution in [0.5, 0.6) is 0 Å². The van der Waals surface area contributed by atoms with E-state index in [1.165, 1.54) is 58.3 Å². The first-order valence-corrected chi connectivity index (χ1v) is 8.10. The van der Waals surface area contributed by atoms with Crippen LogP contribution in [0.1, 0.15) is 52.9 Å². The van der Waals surface area contributed by atoms with E-state index in [1.807, 2.05) is 0 Å². The molecule has 2 aliphatic carbocycles. The number of hydrogen-bond donors (Lipinski definition) is 1. The lowest BCUT2D eigenvalue weighted by molar-refractivity contribution is 0.187. The maximum Gasteiger partial charge on any atom is 0.0192 e. The Balaban J connectivity index is 1.63. The van der Waals surface area contributed by atoms with Gasteiger partial charge in [-0.2, -0.15) is 0 Å². The van der Waals surface area contributed by atoms with Crippen LogP contribution in [-0.2, 0) is 0 Å². The van der Waals surface area contributed by atoms with Crippen molar-refractivity contribution >= 4 is 0 Å². The van der Waals surface area contributed by atoms with E-state index in [4.69, 9.17) is 0 Å². The zero-order valence-corrected chi connectivity index (χ0v) is 12.6. The van der Waals surface area contributed by atoms with Gasteiger partial charge in [-0.1, -0.05) is 13.8 Å². The van der Waals surface area contributed by atoms with Crippen LogP contribution in [0.4, 0.5) is 0 Å². The Bertz CT molecular complexity index is 217. The van der Waals surface area contributed by atoms with Gasteiger partial charge in [0.05, 0.1) is 0 Å². The van der Waals surface area contributed by atoms with Gasteiger partial charge < -0.3 is 5.32 Å². The van der Waals surface area contributed by atoms with Gasteiger partial charge >= 0.3 is 0 Å². The molecule has 106 valence electrons. The smallest absolute Gasteiger partial charge is 0.0192 e. The molecule has 0 spiro atoms. The molecule has 2 nitrogen and oxygen atoms in total. The highest BCUT2D eigenvalue weighted by Crippen LogP contribution is 2.34. The van der Waals surface area contributed by atoms with Crippen molar-refractivity contribution in [3.8, 4) is 0 Å². The monoisotopic (exact) mass is 252 g/mol. The fourth-order valence-electron chi connectivity index (χ4n) is 2.53. The first kappa shape index (κ1) is 14.3. The van der Waals surface area contributed by atoms with Crippen molar-refractivity contribution in [1.82, 2.24) is 10.2 Å². The Morgan fingerprint density at radius 3 is 2.00 bits per heavy atom. The first-order valence-electron chi connectivity index (χ1n) is 8.10. The Hall–Kier alpha value is -0.0800. The normalized spacial score (nSPS) is 21.8. The standard InChI is InChI=1S/C16H32N2/c1-13(2)8-9-17-10-14(3)18(11-15-4-5-15)12-16-6-7-16/h13-17H,4-12H2,1-3H3. The van der Waals surface area contributed by atoms with Gasteiger partial charge in [-0.15, -0.1) is 0 Å². The van der Waals surface area contributed by atoms with E-state index in [-0.39, 0.29) is 0 Å². The van der Waals surface area contributed by atoms with Crippen molar-refractivity contribution in [3.63, 3.8) is 0 Å². The maximum absolute atomic E-state index is 3.64. The lowest BCUT2D eigenvalue weighted by atomic mass is 10.1. The molecular weight excluding hydrogens is 220 g/mol. The second-order valence-corrected chi connectivity index (χ2v) is 7.08. The largest absolute Gasteiger partial charge is 0.315 e. The van der Waals surface area contributed by atoms with Crippen LogP contribution >= 0.6 is 0 Å². The van der Waals surface area contributed by atoms with Crippen LogP contribution in [0.25, 0.3) is 0 Å². The Labute approximate surface area is 114 Å². The first-order chi connectivity index (χ1) is 8.65. The third-order valence-electron chi connectivity index (χ3n) is 4.34. The number of hydrogen-bond acceptors (Lipinski definition) is 2. The van der Waals surface area contributed by atoms with E-state index in [1.54, 1.807) is 0 Å². The van der Waals surface area contributed by atoms with Crippen molar-refractivity contribution in [2.75, 3.05) is 26.2 Å². The highest BCUT2D eigenvalue weighted by molar-refractivity contribution is 4.85. The van der Waals surface area contributed by atoms with Crippen LogP contribution < -0.4 is 5.32 Å². The van der Waals surface area contributed by atoms with Crippen LogP contribution in [0.15, 0.2) is 0 Å². The van der Waals surface area contributed by atoms with Gasteiger partial charge in [-0.05, 0) is 63.3 Å². The predicted molar refractivity (Wildman–Crippen MR) is 78.8 cm³/mol. The van der Waals surface area contributed by atoms with E-state index in [9.17, 15) is 0 Å². The highest BCUT2D eigenvalue weighted by Gasteiger charge is 2.30. The lowest BCUT2D eigenvalue weighted by Gasteiger charge is -2.29. The van der Waals surface area contributed by atoms with Gasteiger partial charge in [0.25, 0.3) is 0 Å². The molecule has 0 amide bonds. The van der Waals surface area contributed by atoms with Crippen molar-refractivity contribution in [3.05, 3.63) is 0 Å². The molecule has 0 aromatic carbocycles. The van der Waals surface area contributed by atoms with E-state index in [2.05, 4.69) is 31.0 Å². The van der Waals surface area contributed by atoms with Crippen molar-refractivity contribution in [1.29, 1.82) is 0 Å². The summed E-state index contributed by atoms with van der Waals surface area (Å²) in [6, 6.07) is 0.721. The minimum Gasteiger partial charge on any atom is -0.315 e. The molecule has 2 rings (SSSR count). The Morgan fingerprint density at radius 2 is 1.56 bits per heavy atom. The minimum absolute atomic E-state index is 0.721. The fourth-order valence-corrected chi connectivity index (χ4v) is 2.53. The van der Waals surface area contributed by atoms with Gasteiger partial charge in [0.2, 0.25) is 0 Å². The van der Waals surface area contributed by atoms with E-state index in [0.717, 1.165) is 23.8 Å². The molecule has 1 N–H and O–H groups in total. The van der Waals surface area contributed by atoms with Crippen molar-refractivity contribution < 1.29 is 0 Å². The zero-order chi connectivity index (χ0) is 13.0. The molecule has 0 aliphatic heterocycles. The molecule has 1 atom stereocenters. The molecule has 0 aromatic rings. The molecule has 0 radical (unpaired) electrons. The second kappa shape index (κ2) is 6.91. The van der Waals surface area contributed by atoms with E-state index >= 15 is 0 Å². The summed E-state index contributed by atoms with van der Waals surface area (Å²) in [6.07, 6.45) is 7.23. The molecule has 2 fully saturated rings. The van der Waals surface area contributed by atoms with Gasteiger partial charge in [0.15, 0.2) is 0 Å². The predicted octanol–water partition coefficient (Wildman–Crippen LogP) is 3.13. The summed E-state index contributed by atoms with van der Waals surface area (Å²) < 4.78 is 0. The van der Waals surface area contributed by atoms with Gasteiger partial charge in [0.1, 0.15) is 0 Å². The number of nitrogens with one attached hydrogen (secondary N) is 1. The average Bonchev–Trinajstić information content (AvgIpc) is 3.17. The van der Waals surface area contributed by atoms with Crippen molar-refractivity contribution in [2.45, 2.75) is 58.9 Å². The molecule has 2 aliphatic rings.